The average Bonchev–Trinajstić information content (AvgIpc) is 3.62. The van der Waals surface area contributed by atoms with Crippen LogP contribution in [0, 0.1) is 41.4 Å². The lowest BCUT2D eigenvalue weighted by atomic mass is 9.76. The van der Waals surface area contributed by atoms with E-state index in [9.17, 15) is 9.59 Å². The van der Waals surface area contributed by atoms with E-state index in [-0.39, 0.29) is 35.0 Å². The summed E-state index contributed by atoms with van der Waals surface area (Å²) in [5, 5.41) is 11.8. The van der Waals surface area contributed by atoms with E-state index in [0.717, 1.165) is 52.6 Å². The van der Waals surface area contributed by atoms with E-state index in [1.54, 1.807) is 29.1 Å². The topological polar surface area (TPSA) is 106 Å². The van der Waals surface area contributed by atoms with Gasteiger partial charge in [-0.15, -0.1) is 0 Å². The molecule has 8 heteroatoms. The molecule has 2 aliphatic carbocycles. The van der Waals surface area contributed by atoms with Crippen molar-refractivity contribution in [3.8, 4) is 11.8 Å². The van der Waals surface area contributed by atoms with Crippen molar-refractivity contribution >= 4 is 34.1 Å². The number of nitrogens with one attached hydrogen (secondary N) is 2. The van der Waals surface area contributed by atoms with Crippen LogP contribution in [0.4, 0.5) is 0 Å². The first-order valence-corrected chi connectivity index (χ1v) is 14.0. The highest BCUT2D eigenvalue weighted by atomic mass is 16.2. The lowest BCUT2D eigenvalue weighted by Gasteiger charge is -2.31. The van der Waals surface area contributed by atoms with E-state index in [0.29, 0.717) is 12.5 Å². The number of hydrogen-bond acceptors (Lipinski definition) is 5. The fraction of sp³-hybridized carbons (Fsp3) is 0.406. The minimum Gasteiger partial charge on any atom is -0.341 e. The van der Waals surface area contributed by atoms with Crippen molar-refractivity contribution in [2.24, 2.45) is 17.3 Å². The zero-order valence-corrected chi connectivity index (χ0v) is 23.2. The molecule has 1 amide bonds. The van der Waals surface area contributed by atoms with E-state index in [1.165, 1.54) is 6.42 Å². The quantitative estimate of drug-likeness (QED) is 0.272. The smallest absolute Gasteiger partial charge is 0.263 e. The van der Waals surface area contributed by atoms with Gasteiger partial charge >= 0.3 is 0 Å². The molecule has 2 N–H and O–H groups in total. The molecule has 6 rings (SSSR count). The number of imidazole rings is 1. The lowest BCUT2D eigenvalue weighted by molar-refractivity contribution is 0.0956. The van der Waals surface area contributed by atoms with Gasteiger partial charge in [0.05, 0.1) is 23.8 Å². The molecular formula is C32H34N6O2. The Balaban J connectivity index is 1.17. The Morgan fingerprint density at radius 3 is 2.92 bits per heavy atom. The van der Waals surface area contributed by atoms with Crippen LogP contribution in [0.25, 0.3) is 21.9 Å². The molecule has 0 spiro atoms. The number of aromatic nitrogens is 4. The summed E-state index contributed by atoms with van der Waals surface area (Å²) >= 11 is 0. The molecule has 2 fully saturated rings. The molecule has 0 saturated heterocycles. The molecular weight excluding hydrogens is 500 g/mol. The van der Waals surface area contributed by atoms with Gasteiger partial charge in [0.2, 0.25) is 0 Å². The third kappa shape index (κ3) is 4.40. The van der Waals surface area contributed by atoms with E-state index in [1.807, 2.05) is 31.3 Å². The second kappa shape index (κ2) is 10.1. The summed E-state index contributed by atoms with van der Waals surface area (Å²) < 4.78 is 3.86. The van der Waals surface area contributed by atoms with Crippen LogP contribution in [0.15, 0.2) is 47.5 Å². The fourth-order valence-electron chi connectivity index (χ4n) is 6.99. The molecule has 40 heavy (non-hydrogen) atoms. The third-order valence-electron chi connectivity index (χ3n) is 8.87. The first kappa shape index (κ1) is 26.0. The predicted molar refractivity (Wildman–Crippen MR) is 157 cm³/mol. The maximum atomic E-state index is 13.2. The van der Waals surface area contributed by atoms with Crippen LogP contribution in [0.3, 0.4) is 0 Å². The number of nitrogens with zero attached hydrogens (tertiary/aromatic N) is 4. The molecule has 0 radical (unpaired) electrons. The molecule has 3 aromatic heterocycles. The van der Waals surface area contributed by atoms with E-state index in [2.05, 4.69) is 45.5 Å². The maximum absolute atomic E-state index is 13.2. The van der Waals surface area contributed by atoms with Crippen molar-refractivity contribution in [1.82, 2.24) is 24.4 Å². The van der Waals surface area contributed by atoms with Gasteiger partial charge in [0.15, 0.2) is 0 Å². The van der Waals surface area contributed by atoms with Gasteiger partial charge in [-0.1, -0.05) is 11.8 Å². The Bertz CT molecular complexity index is 1770. The summed E-state index contributed by atoms with van der Waals surface area (Å²) in [6, 6.07) is 9.47. The van der Waals surface area contributed by atoms with Crippen LogP contribution in [0.1, 0.15) is 67.3 Å². The number of aryl methyl sites for hydroxylation is 1. The number of fused-ring (bicyclic) bond motifs is 5. The van der Waals surface area contributed by atoms with Crippen LogP contribution in [-0.2, 0) is 6.54 Å². The zero-order valence-electron chi connectivity index (χ0n) is 23.2. The Labute approximate surface area is 233 Å². The van der Waals surface area contributed by atoms with Gasteiger partial charge in [0, 0.05) is 41.4 Å². The second-order valence-electron chi connectivity index (χ2n) is 11.6. The molecule has 2 unspecified atom stereocenters. The van der Waals surface area contributed by atoms with Gasteiger partial charge in [0.1, 0.15) is 16.9 Å². The van der Waals surface area contributed by atoms with E-state index < -0.39 is 5.91 Å². The summed E-state index contributed by atoms with van der Waals surface area (Å²) in [6.45, 7) is 6.95. The SMILES string of the molecule is Cc1nc2cnc3ccc(C#CCNC(=O)c4cccn(CC5C[C@@H]6CCC5(C=N)C6)c4=O)cc3c2n1C(C)C. The Morgan fingerprint density at radius 2 is 2.15 bits per heavy atom. The highest BCUT2D eigenvalue weighted by molar-refractivity contribution is 6.03. The number of benzene rings is 1. The molecule has 204 valence electrons. The van der Waals surface area contributed by atoms with Crippen molar-refractivity contribution in [3.05, 3.63) is 70.0 Å². The zero-order chi connectivity index (χ0) is 28.0. The maximum Gasteiger partial charge on any atom is 0.263 e. The Hall–Kier alpha value is -4.25. The Morgan fingerprint density at radius 1 is 1.30 bits per heavy atom. The van der Waals surface area contributed by atoms with Gasteiger partial charge < -0.3 is 19.9 Å². The summed E-state index contributed by atoms with van der Waals surface area (Å²) in [5.74, 6) is 7.60. The van der Waals surface area contributed by atoms with Gasteiger partial charge in [-0.05, 0) is 88.6 Å². The third-order valence-corrected chi connectivity index (χ3v) is 8.87. The molecule has 8 nitrogen and oxygen atoms in total. The number of pyridine rings is 2. The van der Waals surface area contributed by atoms with Crippen LogP contribution >= 0.6 is 0 Å². The standard InChI is InChI=1S/C32H34N6O2/c1-20(2)38-21(3)36-28-17-35-27-9-8-22(15-26(27)29(28)38)6-4-12-34-30(39)25-7-5-13-37(31(25)40)18-24-14-23-10-11-32(24,16-23)19-33/h5,7-9,13,15,17,19-20,23-24,33H,10-12,14,16,18H2,1-3H3,(H,34,39)/t23-,24?,32?/m0/s1. The minimum absolute atomic E-state index is 0.0875. The summed E-state index contributed by atoms with van der Waals surface area (Å²) in [5.41, 5.74) is 3.34. The van der Waals surface area contributed by atoms with Crippen molar-refractivity contribution < 1.29 is 4.79 Å². The average molecular weight is 535 g/mol. The molecule has 4 aromatic rings. The van der Waals surface area contributed by atoms with Gasteiger partial charge in [-0.25, -0.2) is 4.98 Å². The minimum atomic E-state index is -0.427. The highest BCUT2D eigenvalue weighted by Gasteiger charge is 2.50. The number of carbonyl (C=O) groups is 1. The molecule has 0 aliphatic heterocycles. The predicted octanol–water partition coefficient (Wildman–Crippen LogP) is 4.87. The first-order chi connectivity index (χ1) is 19.3. The summed E-state index contributed by atoms with van der Waals surface area (Å²) in [6.07, 6.45) is 9.47. The second-order valence-corrected chi connectivity index (χ2v) is 11.6. The molecule has 2 aliphatic rings. The molecule has 3 heterocycles. The number of hydrogen-bond donors (Lipinski definition) is 2. The van der Waals surface area contributed by atoms with Crippen LogP contribution < -0.4 is 10.9 Å². The van der Waals surface area contributed by atoms with Crippen molar-refractivity contribution in [2.75, 3.05) is 6.54 Å². The number of carbonyl (C=O) groups excluding carboxylic acids is 1. The van der Waals surface area contributed by atoms with Gasteiger partial charge in [-0.2, -0.15) is 0 Å². The normalized spacial score (nSPS) is 21.6. The molecule has 2 saturated carbocycles. The molecule has 1 aromatic carbocycles. The number of amides is 1. The largest absolute Gasteiger partial charge is 0.341 e. The molecule has 2 bridgehead atoms. The van der Waals surface area contributed by atoms with Crippen LogP contribution in [-0.4, -0.2) is 37.8 Å². The number of rotatable bonds is 6. The van der Waals surface area contributed by atoms with Gasteiger partial charge in [0.25, 0.3) is 11.5 Å². The lowest BCUT2D eigenvalue weighted by Crippen LogP contribution is -2.37. The first-order valence-electron chi connectivity index (χ1n) is 14.0. The van der Waals surface area contributed by atoms with Crippen molar-refractivity contribution in [2.45, 2.75) is 59.0 Å². The van der Waals surface area contributed by atoms with E-state index in [4.69, 9.17) is 5.41 Å². The fourth-order valence-corrected chi connectivity index (χ4v) is 6.99. The monoisotopic (exact) mass is 534 g/mol. The van der Waals surface area contributed by atoms with Crippen LogP contribution in [0.5, 0.6) is 0 Å². The summed E-state index contributed by atoms with van der Waals surface area (Å²) in [7, 11) is 0. The highest BCUT2D eigenvalue weighted by Crippen LogP contribution is 2.56. The van der Waals surface area contributed by atoms with E-state index >= 15 is 0 Å². The summed E-state index contributed by atoms with van der Waals surface area (Å²) in [4.78, 5) is 35.3. The van der Waals surface area contributed by atoms with Crippen molar-refractivity contribution in [3.63, 3.8) is 0 Å². The van der Waals surface area contributed by atoms with Crippen molar-refractivity contribution in [1.29, 1.82) is 5.41 Å². The Kier molecular flexibility index (Phi) is 6.53. The van der Waals surface area contributed by atoms with Crippen LogP contribution in [0.2, 0.25) is 0 Å². The molecule has 3 atom stereocenters. The van der Waals surface area contributed by atoms with Gasteiger partial charge in [-0.3, -0.25) is 14.6 Å².